The van der Waals surface area contributed by atoms with Crippen LogP contribution in [0.1, 0.15) is 23.1 Å². The third-order valence-corrected chi connectivity index (χ3v) is 2.56. The van der Waals surface area contributed by atoms with Crippen molar-refractivity contribution in [2.24, 2.45) is 0 Å². The first-order valence-corrected chi connectivity index (χ1v) is 5.11. The zero-order chi connectivity index (χ0) is 9.97. The minimum atomic E-state index is 0.766. The monoisotopic (exact) mass is 188 g/mol. The van der Waals surface area contributed by atoms with Gasteiger partial charge in [0.2, 0.25) is 0 Å². The van der Waals surface area contributed by atoms with Crippen LogP contribution in [-0.4, -0.2) is 13.2 Å². The summed E-state index contributed by atoms with van der Waals surface area (Å²) in [6, 6.07) is 6.72. The maximum absolute atomic E-state index is 5.31. The van der Waals surface area contributed by atoms with E-state index in [1.165, 1.54) is 22.3 Å². The zero-order valence-electron chi connectivity index (χ0n) is 8.84. The lowest BCUT2D eigenvalue weighted by Gasteiger charge is -2.14. The van der Waals surface area contributed by atoms with Crippen molar-refractivity contribution in [3.63, 3.8) is 0 Å². The summed E-state index contributed by atoms with van der Waals surface area (Å²) >= 11 is 0. The van der Waals surface area contributed by atoms with Crippen molar-refractivity contribution in [1.82, 2.24) is 0 Å². The second-order valence-corrected chi connectivity index (χ2v) is 3.93. The number of rotatable bonds is 1. The van der Waals surface area contributed by atoms with Gasteiger partial charge in [0.1, 0.15) is 0 Å². The second kappa shape index (κ2) is 3.97. The van der Waals surface area contributed by atoms with Crippen molar-refractivity contribution >= 4 is 5.57 Å². The van der Waals surface area contributed by atoms with E-state index < -0.39 is 0 Å². The van der Waals surface area contributed by atoms with Gasteiger partial charge in [0.15, 0.2) is 0 Å². The average Bonchev–Trinajstić information content (AvgIpc) is 2.18. The molecule has 1 aliphatic heterocycles. The first-order chi connectivity index (χ1) is 6.75. The topological polar surface area (TPSA) is 9.23 Å². The lowest BCUT2D eigenvalue weighted by molar-refractivity contribution is 0.161. The van der Waals surface area contributed by atoms with Crippen LogP contribution in [-0.2, 0) is 4.74 Å². The molecule has 0 saturated heterocycles. The predicted molar refractivity (Wildman–Crippen MR) is 59.3 cm³/mol. The van der Waals surface area contributed by atoms with Crippen LogP contribution in [0.15, 0.2) is 24.3 Å². The van der Waals surface area contributed by atoms with Gasteiger partial charge in [0.05, 0.1) is 13.2 Å². The SMILES string of the molecule is Cc1cc(C)cc(C2=CCOCC2)c1. The maximum atomic E-state index is 5.31. The lowest BCUT2D eigenvalue weighted by atomic mass is 9.98. The molecule has 1 aromatic carbocycles. The Hall–Kier alpha value is -1.08. The van der Waals surface area contributed by atoms with E-state index in [0.717, 1.165) is 19.6 Å². The standard InChI is InChI=1S/C13H16O/c1-10-7-11(2)9-13(8-10)12-3-5-14-6-4-12/h3,7-9H,4-6H2,1-2H3. The lowest BCUT2D eigenvalue weighted by Crippen LogP contribution is -2.03. The van der Waals surface area contributed by atoms with E-state index in [9.17, 15) is 0 Å². The Bertz CT molecular complexity index is 343. The molecule has 0 unspecified atom stereocenters. The van der Waals surface area contributed by atoms with Crippen molar-refractivity contribution in [3.8, 4) is 0 Å². The van der Waals surface area contributed by atoms with Crippen LogP contribution < -0.4 is 0 Å². The van der Waals surface area contributed by atoms with Crippen molar-refractivity contribution < 1.29 is 4.74 Å². The highest BCUT2D eigenvalue weighted by molar-refractivity contribution is 5.67. The number of benzene rings is 1. The summed E-state index contributed by atoms with van der Waals surface area (Å²) in [7, 11) is 0. The van der Waals surface area contributed by atoms with E-state index in [-0.39, 0.29) is 0 Å². The highest BCUT2D eigenvalue weighted by atomic mass is 16.5. The van der Waals surface area contributed by atoms with Crippen LogP contribution in [0.4, 0.5) is 0 Å². The maximum Gasteiger partial charge on any atom is 0.0653 e. The molecule has 1 nitrogen and oxygen atoms in total. The van der Waals surface area contributed by atoms with Crippen LogP contribution in [0.25, 0.3) is 5.57 Å². The van der Waals surface area contributed by atoms with Gasteiger partial charge < -0.3 is 4.74 Å². The molecule has 1 aliphatic rings. The molecule has 1 heteroatoms. The molecule has 1 aromatic rings. The molecule has 2 rings (SSSR count). The molecule has 0 spiro atoms. The Morgan fingerprint density at radius 1 is 1.07 bits per heavy atom. The second-order valence-electron chi connectivity index (χ2n) is 3.93. The average molecular weight is 188 g/mol. The van der Waals surface area contributed by atoms with Crippen molar-refractivity contribution in [2.75, 3.05) is 13.2 Å². The molecular weight excluding hydrogens is 172 g/mol. The van der Waals surface area contributed by atoms with E-state index in [4.69, 9.17) is 4.74 Å². The van der Waals surface area contributed by atoms with Gasteiger partial charge in [-0.1, -0.05) is 35.4 Å². The van der Waals surface area contributed by atoms with E-state index in [0.29, 0.717) is 0 Å². The zero-order valence-corrected chi connectivity index (χ0v) is 8.84. The number of ether oxygens (including phenoxy) is 1. The molecule has 1 heterocycles. The van der Waals surface area contributed by atoms with Crippen LogP contribution in [0.3, 0.4) is 0 Å². The van der Waals surface area contributed by atoms with E-state index in [2.05, 4.69) is 38.1 Å². The molecule has 0 aromatic heterocycles. The fourth-order valence-electron chi connectivity index (χ4n) is 1.95. The molecule has 0 amide bonds. The van der Waals surface area contributed by atoms with Crippen LogP contribution in [0.5, 0.6) is 0 Å². The first kappa shape index (κ1) is 9.47. The van der Waals surface area contributed by atoms with Gasteiger partial charge in [0.25, 0.3) is 0 Å². The molecule has 0 atom stereocenters. The van der Waals surface area contributed by atoms with E-state index >= 15 is 0 Å². The predicted octanol–water partition coefficient (Wildman–Crippen LogP) is 3.11. The fraction of sp³-hybridized carbons (Fsp3) is 0.385. The molecule has 0 bridgehead atoms. The Labute approximate surface area is 85.4 Å². The summed E-state index contributed by atoms with van der Waals surface area (Å²) in [6.07, 6.45) is 3.24. The molecular formula is C13H16O. The fourth-order valence-corrected chi connectivity index (χ4v) is 1.95. The summed E-state index contributed by atoms with van der Waals surface area (Å²) in [5.74, 6) is 0. The third kappa shape index (κ3) is 2.05. The van der Waals surface area contributed by atoms with Crippen LogP contribution in [0.2, 0.25) is 0 Å². The Kier molecular flexibility index (Phi) is 2.69. The molecule has 0 saturated carbocycles. The summed E-state index contributed by atoms with van der Waals surface area (Å²) in [5.41, 5.74) is 5.48. The van der Waals surface area contributed by atoms with Gasteiger partial charge in [-0.05, 0) is 31.4 Å². The quantitative estimate of drug-likeness (QED) is 0.658. The minimum absolute atomic E-state index is 0.766. The first-order valence-electron chi connectivity index (χ1n) is 5.11. The van der Waals surface area contributed by atoms with E-state index in [1.54, 1.807) is 0 Å². The van der Waals surface area contributed by atoms with Crippen molar-refractivity contribution in [3.05, 3.63) is 41.0 Å². The number of aryl methyl sites for hydroxylation is 2. The van der Waals surface area contributed by atoms with Gasteiger partial charge in [-0.15, -0.1) is 0 Å². The van der Waals surface area contributed by atoms with Crippen molar-refractivity contribution in [1.29, 1.82) is 0 Å². The molecule has 74 valence electrons. The largest absolute Gasteiger partial charge is 0.377 e. The normalized spacial score (nSPS) is 16.6. The summed E-state index contributed by atoms with van der Waals surface area (Å²) < 4.78 is 5.31. The molecule has 14 heavy (non-hydrogen) atoms. The Balaban J connectivity index is 2.35. The number of hydrogen-bond donors (Lipinski definition) is 0. The van der Waals surface area contributed by atoms with Gasteiger partial charge in [-0.25, -0.2) is 0 Å². The minimum Gasteiger partial charge on any atom is -0.377 e. The third-order valence-electron chi connectivity index (χ3n) is 2.56. The van der Waals surface area contributed by atoms with Crippen LogP contribution >= 0.6 is 0 Å². The highest BCUT2D eigenvalue weighted by Crippen LogP contribution is 2.23. The summed E-state index contributed by atoms with van der Waals surface area (Å²) in [6.45, 7) is 5.92. The summed E-state index contributed by atoms with van der Waals surface area (Å²) in [5, 5.41) is 0. The van der Waals surface area contributed by atoms with E-state index in [1.807, 2.05) is 0 Å². The molecule has 0 radical (unpaired) electrons. The Morgan fingerprint density at radius 3 is 2.36 bits per heavy atom. The smallest absolute Gasteiger partial charge is 0.0653 e. The Morgan fingerprint density at radius 2 is 1.79 bits per heavy atom. The summed E-state index contributed by atoms with van der Waals surface area (Å²) in [4.78, 5) is 0. The molecule has 0 aliphatic carbocycles. The molecule has 0 N–H and O–H groups in total. The van der Waals surface area contributed by atoms with Gasteiger partial charge in [-0.3, -0.25) is 0 Å². The van der Waals surface area contributed by atoms with Crippen LogP contribution in [0, 0.1) is 13.8 Å². The number of hydrogen-bond acceptors (Lipinski definition) is 1. The van der Waals surface area contributed by atoms with Crippen molar-refractivity contribution in [2.45, 2.75) is 20.3 Å². The molecule has 0 fully saturated rings. The van der Waals surface area contributed by atoms with Gasteiger partial charge >= 0.3 is 0 Å². The van der Waals surface area contributed by atoms with Gasteiger partial charge in [0, 0.05) is 0 Å². The van der Waals surface area contributed by atoms with Gasteiger partial charge in [-0.2, -0.15) is 0 Å². The highest BCUT2D eigenvalue weighted by Gasteiger charge is 2.06.